The molecule has 0 spiro atoms. The Morgan fingerprint density at radius 1 is 1.55 bits per heavy atom. The quantitative estimate of drug-likeness (QED) is 0.655. The van der Waals surface area contributed by atoms with Crippen molar-refractivity contribution in [2.45, 2.75) is 32.2 Å². The first kappa shape index (κ1) is 14.3. The summed E-state index contributed by atoms with van der Waals surface area (Å²) in [5.74, 6) is 0.323. The third kappa shape index (κ3) is 2.73. The monoisotopic (exact) mass is 275 g/mol. The van der Waals surface area contributed by atoms with Crippen LogP contribution >= 0.6 is 0 Å². The van der Waals surface area contributed by atoms with Gasteiger partial charge in [0.2, 0.25) is 0 Å². The summed E-state index contributed by atoms with van der Waals surface area (Å²) in [4.78, 5) is 10.6. The average molecular weight is 275 g/mol. The van der Waals surface area contributed by atoms with Crippen LogP contribution in [0.3, 0.4) is 0 Å². The van der Waals surface area contributed by atoms with Crippen LogP contribution in [0.5, 0.6) is 5.75 Å². The van der Waals surface area contributed by atoms with Gasteiger partial charge in [-0.15, -0.1) is 0 Å². The number of nitriles is 1. The van der Waals surface area contributed by atoms with Gasteiger partial charge >= 0.3 is 5.69 Å². The molecule has 6 nitrogen and oxygen atoms in total. The van der Waals surface area contributed by atoms with Crippen LogP contribution in [0.4, 0.5) is 5.69 Å². The number of hydrogen-bond donors (Lipinski definition) is 1. The van der Waals surface area contributed by atoms with Gasteiger partial charge in [-0.25, -0.2) is 0 Å². The van der Waals surface area contributed by atoms with Crippen molar-refractivity contribution in [3.8, 4) is 11.8 Å². The van der Waals surface area contributed by atoms with Crippen molar-refractivity contribution < 1.29 is 9.66 Å². The van der Waals surface area contributed by atoms with Gasteiger partial charge in [-0.2, -0.15) is 5.26 Å². The van der Waals surface area contributed by atoms with Gasteiger partial charge in [-0.3, -0.25) is 10.1 Å². The summed E-state index contributed by atoms with van der Waals surface area (Å²) in [6, 6.07) is 5.34. The van der Waals surface area contributed by atoms with E-state index in [1.807, 2.05) is 6.07 Å². The fourth-order valence-corrected chi connectivity index (χ4v) is 2.29. The second-order valence-electron chi connectivity index (χ2n) is 5.40. The normalized spacial score (nSPS) is 17.1. The van der Waals surface area contributed by atoms with Gasteiger partial charge in [0.1, 0.15) is 12.1 Å². The zero-order chi connectivity index (χ0) is 14.9. The van der Waals surface area contributed by atoms with Gasteiger partial charge in [0.15, 0.2) is 5.75 Å². The van der Waals surface area contributed by atoms with Crippen LogP contribution in [-0.2, 0) is 0 Å². The molecule has 1 aliphatic rings. The molecule has 106 valence electrons. The van der Waals surface area contributed by atoms with Gasteiger partial charge < -0.3 is 10.5 Å². The summed E-state index contributed by atoms with van der Waals surface area (Å²) in [6.45, 7) is 3.51. The van der Waals surface area contributed by atoms with Crippen molar-refractivity contribution in [2.24, 2.45) is 11.7 Å². The zero-order valence-electron chi connectivity index (χ0n) is 11.5. The molecule has 0 aliphatic heterocycles. The fraction of sp³-hybridized carbons (Fsp3) is 0.500. The van der Waals surface area contributed by atoms with Crippen molar-refractivity contribution in [1.29, 1.82) is 5.26 Å². The molecule has 0 saturated heterocycles. The van der Waals surface area contributed by atoms with Crippen LogP contribution in [0.15, 0.2) is 12.1 Å². The molecule has 1 unspecified atom stereocenters. The summed E-state index contributed by atoms with van der Waals surface area (Å²) < 4.78 is 5.55. The first-order valence-corrected chi connectivity index (χ1v) is 6.46. The standard InChI is InChI=1S/C14H17N3O3/c1-9-5-10(2)13(12(6-9)17(18)19)20-8-14(16,7-15)11-3-4-11/h5-6,11H,3-4,8,16H2,1-2H3. The molecule has 2 rings (SSSR count). The van der Waals surface area contributed by atoms with E-state index in [1.54, 1.807) is 13.8 Å². The minimum Gasteiger partial charge on any atom is -0.484 e. The van der Waals surface area contributed by atoms with Crippen LogP contribution < -0.4 is 10.5 Å². The van der Waals surface area contributed by atoms with Crippen LogP contribution in [0.1, 0.15) is 24.0 Å². The smallest absolute Gasteiger partial charge is 0.311 e. The Hall–Kier alpha value is -2.13. The van der Waals surface area contributed by atoms with Crippen molar-refractivity contribution in [2.75, 3.05) is 6.61 Å². The van der Waals surface area contributed by atoms with E-state index < -0.39 is 10.5 Å². The molecular formula is C14H17N3O3. The number of rotatable bonds is 5. The highest BCUT2D eigenvalue weighted by molar-refractivity contribution is 5.53. The predicted molar refractivity (Wildman–Crippen MR) is 73.3 cm³/mol. The molecule has 0 heterocycles. The van der Waals surface area contributed by atoms with Crippen LogP contribution in [0.25, 0.3) is 0 Å². The second-order valence-corrected chi connectivity index (χ2v) is 5.40. The lowest BCUT2D eigenvalue weighted by atomic mass is 9.98. The highest BCUT2D eigenvalue weighted by Crippen LogP contribution is 2.39. The molecule has 0 amide bonds. The van der Waals surface area contributed by atoms with E-state index >= 15 is 0 Å². The molecule has 1 atom stereocenters. The van der Waals surface area contributed by atoms with E-state index in [0.717, 1.165) is 18.4 Å². The topological polar surface area (TPSA) is 102 Å². The fourth-order valence-electron chi connectivity index (χ4n) is 2.29. The maximum absolute atomic E-state index is 11.1. The van der Waals surface area contributed by atoms with Crippen molar-refractivity contribution in [3.05, 3.63) is 33.4 Å². The predicted octanol–water partition coefficient (Wildman–Crippen LogP) is 2.22. The molecule has 2 N–H and O–H groups in total. The Morgan fingerprint density at radius 2 is 2.20 bits per heavy atom. The number of hydrogen-bond acceptors (Lipinski definition) is 5. The van der Waals surface area contributed by atoms with Crippen LogP contribution in [0, 0.1) is 41.2 Å². The van der Waals surface area contributed by atoms with E-state index in [4.69, 9.17) is 10.5 Å². The van der Waals surface area contributed by atoms with Crippen molar-refractivity contribution in [3.63, 3.8) is 0 Å². The molecule has 1 aromatic rings. The molecule has 0 radical (unpaired) electrons. The van der Waals surface area contributed by atoms with Crippen molar-refractivity contribution >= 4 is 5.69 Å². The van der Waals surface area contributed by atoms with E-state index in [-0.39, 0.29) is 24.0 Å². The summed E-state index contributed by atoms with van der Waals surface area (Å²) in [6.07, 6.45) is 1.81. The summed E-state index contributed by atoms with van der Waals surface area (Å²) in [7, 11) is 0. The van der Waals surface area contributed by atoms with Gasteiger partial charge in [0.25, 0.3) is 0 Å². The Kier molecular flexibility index (Phi) is 3.64. The lowest BCUT2D eigenvalue weighted by molar-refractivity contribution is -0.386. The van der Waals surface area contributed by atoms with E-state index in [2.05, 4.69) is 6.07 Å². The van der Waals surface area contributed by atoms with Gasteiger partial charge in [-0.05, 0) is 43.7 Å². The van der Waals surface area contributed by atoms with Gasteiger partial charge in [0.05, 0.1) is 11.0 Å². The molecular weight excluding hydrogens is 258 g/mol. The molecule has 0 bridgehead atoms. The first-order chi connectivity index (χ1) is 9.37. The summed E-state index contributed by atoms with van der Waals surface area (Å²) >= 11 is 0. The Balaban J connectivity index is 2.25. The third-order valence-electron chi connectivity index (χ3n) is 3.57. The van der Waals surface area contributed by atoms with E-state index in [9.17, 15) is 15.4 Å². The van der Waals surface area contributed by atoms with Gasteiger partial charge in [0, 0.05) is 6.07 Å². The number of nitro benzene ring substituents is 1. The highest BCUT2D eigenvalue weighted by atomic mass is 16.6. The number of benzene rings is 1. The Bertz CT molecular complexity index is 590. The molecule has 1 fully saturated rings. The maximum Gasteiger partial charge on any atom is 0.311 e. The molecule has 20 heavy (non-hydrogen) atoms. The van der Waals surface area contributed by atoms with E-state index in [0.29, 0.717) is 5.56 Å². The number of nitrogens with zero attached hydrogens (tertiary/aromatic N) is 2. The SMILES string of the molecule is Cc1cc(C)c(OCC(N)(C#N)C2CC2)c([N+](=O)[O-])c1. The molecule has 0 aromatic heterocycles. The Morgan fingerprint density at radius 3 is 2.70 bits per heavy atom. The minimum absolute atomic E-state index is 0.0289. The number of ether oxygens (including phenoxy) is 1. The molecule has 1 aromatic carbocycles. The second kappa shape index (κ2) is 5.10. The number of aryl methyl sites for hydroxylation is 2. The Labute approximate surface area is 117 Å². The summed E-state index contributed by atoms with van der Waals surface area (Å²) in [5.41, 5.74) is 6.32. The molecule has 1 saturated carbocycles. The first-order valence-electron chi connectivity index (χ1n) is 6.46. The van der Waals surface area contributed by atoms with E-state index in [1.165, 1.54) is 6.07 Å². The molecule has 1 aliphatic carbocycles. The average Bonchev–Trinajstić information content (AvgIpc) is 3.21. The number of nitro groups is 1. The number of nitrogens with two attached hydrogens (primary N) is 1. The lowest BCUT2D eigenvalue weighted by Gasteiger charge is -2.22. The van der Waals surface area contributed by atoms with Crippen LogP contribution in [-0.4, -0.2) is 17.1 Å². The molecule has 6 heteroatoms. The van der Waals surface area contributed by atoms with Crippen LogP contribution in [0.2, 0.25) is 0 Å². The largest absolute Gasteiger partial charge is 0.484 e. The zero-order valence-corrected chi connectivity index (χ0v) is 11.5. The minimum atomic E-state index is -1.06. The third-order valence-corrected chi connectivity index (χ3v) is 3.57. The van der Waals surface area contributed by atoms with Gasteiger partial charge in [-0.1, -0.05) is 6.07 Å². The van der Waals surface area contributed by atoms with Crippen molar-refractivity contribution in [1.82, 2.24) is 0 Å². The highest BCUT2D eigenvalue weighted by Gasteiger charge is 2.43. The lowest BCUT2D eigenvalue weighted by Crippen LogP contribution is -2.46. The maximum atomic E-state index is 11.1. The summed E-state index contributed by atoms with van der Waals surface area (Å²) in [5, 5.41) is 20.3.